The van der Waals surface area contributed by atoms with Crippen LogP contribution in [0.1, 0.15) is 38.5 Å². The molecule has 32 heavy (non-hydrogen) atoms. The Hall–Kier alpha value is -2.29. The van der Waals surface area contributed by atoms with Crippen LogP contribution in [0, 0.1) is 28.0 Å². The molecule has 0 amide bonds. The van der Waals surface area contributed by atoms with Crippen molar-refractivity contribution in [3.63, 3.8) is 0 Å². The summed E-state index contributed by atoms with van der Waals surface area (Å²) in [5.41, 5.74) is 2.62. The van der Waals surface area contributed by atoms with E-state index < -0.39 is 10.2 Å². The Bertz CT molecular complexity index is 968. The highest BCUT2D eigenvalue weighted by molar-refractivity contribution is 5.51. The van der Waals surface area contributed by atoms with Crippen LogP contribution in [0.2, 0.25) is 0 Å². The second-order valence-corrected chi connectivity index (χ2v) is 10.2. The Labute approximate surface area is 189 Å². The van der Waals surface area contributed by atoms with Crippen molar-refractivity contribution in [3.05, 3.63) is 67.0 Å². The summed E-state index contributed by atoms with van der Waals surface area (Å²) in [7, 11) is -4.94. The molecular formula is C24H26ClN3O4. The SMILES string of the molecule is [O-][Cl+3]([O-])([O-])[O-].c1ccc(-c2nn(C34CC5CC(CC(C5)C3)C4)c[n+]2-c2ccccc2)cc1. The third-order valence-electron chi connectivity index (χ3n) is 7.21. The molecule has 1 heterocycles. The maximum atomic E-state index is 8.49. The Kier molecular flexibility index (Phi) is 5.55. The summed E-state index contributed by atoms with van der Waals surface area (Å²) in [6.45, 7) is 0. The van der Waals surface area contributed by atoms with Crippen molar-refractivity contribution in [2.24, 2.45) is 17.8 Å². The van der Waals surface area contributed by atoms with Crippen LogP contribution in [-0.4, -0.2) is 9.78 Å². The van der Waals surface area contributed by atoms with Crippen LogP contribution in [0.25, 0.3) is 17.1 Å². The number of nitrogens with zero attached hydrogens (tertiary/aromatic N) is 3. The summed E-state index contributed by atoms with van der Waals surface area (Å²) in [4.78, 5) is 0. The van der Waals surface area contributed by atoms with Crippen molar-refractivity contribution in [1.82, 2.24) is 9.78 Å². The number of halogens is 1. The first kappa shape index (κ1) is 21.6. The second-order valence-electron chi connectivity index (χ2n) is 9.48. The van der Waals surface area contributed by atoms with Gasteiger partial charge in [0.15, 0.2) is 0 Å². The summed E-state index contributed by atoms with van der Waals surface area (Å²) in [5.74, 6) is 3.82. The van der Waals surface area contributed by atoms with Gasteiger partial charge in [-0.15, -0.1) is 14.9 Å². The third-order valence-corrected chi connectivity index (χ3v) is 7.21. The molecule has 0 aliphatic heterocycles. The van der Waals surface area contributed by atoms with E-state index in [0.717, 1.165) is 23.6 Å². The molecule has 4 fully saturated rings. The summed E-state index contributed by atoms with van der Waals surface area (Å²) in [5, 5.41) is 5.23. The molecule has 1 aromatic heterocycles. The van der Waals surface area contributed by atoms with Crippen molar-refractivity contribution < 1.29 is 33.4 Å². The van der Waals surface area contributed by atoms with E-state index in [9.17, 15) is 0 Å². The fourth-order valence-corrected chi connectivity index (χ4v) is 6.48. The van der Waals surface area contributed by atoms with Gasteiger partial charge in [0.1, 0.15) is 11.2 Å². The molecule has 2 aromatic carbocycles. The van der Waals surface area contributed by atoms with E-state index in [1.165, 1.54) is 49.8 Å². The van der Waals surface area contributed by atoms with Gasteiger partial charge in [0.05, 0.1) is 5.56 Å². The van der Waals surface area contributed by atoms with Gasteiger partial charge in [0.2, 0.25) is 6.33 Å². The number of aromatic nitrogens is 3. The number of para-hydroxylation sites is 1. The van der Waals surface area contributed by atoms with Crippen molar-refractivity contribution in [2.75, 3.05) is 0 Å². The maximum absolute atomic E-state index is 8.49. The van der Waals surface area contributed by atoms with Crippen LogP contribution in [0.5, 0.6) is 0 Å². The highest BCUT2D eigenvalue weighted by Crippen LogP contribution is 2.58. The molecule has 7 rings (SSSR count). The number of hydrogen-bond donors (Lipinski definition) is 0. The molecule has 7 nitrogen and oxygen atoms in total. The Morgan fingerprint density at radius 1 is 0.781 bits per heavy atom. The van der Waals surface area contributed by atoms with E-state index in [1.807, 2.05) is 0 Å². The van der Waals surface area contributed by atoms with Crippen molar-refractivity contribution in [2.45, 2.75) is 44.1 Å². The monoisotopic (exact) mass is 455 g/mol. The molecule has 4 saturated carbocycles. The van der Waals surface area contributed by atoms with E-state index in [-0.39, 0.29) is 5.54 Å². The van der Waals surface area contributed by atoms with Gasteiger partial charge in [0.25, 0.3) is 0 Å². The molecule has 0 unspecified atom stereocenters. The minimum absolute atomic E-state index is 0.248. The maximum Gasteiger partial charge on any atom is 0.313 e. The zero-order valence-electron chi connectivity index (χ0n) is 17.7. The molecule has 4 aliphatic rings. The van der Waals surface area contributed by atoms with Gasteiger partial charge in [-0.1, -0.05) is 36.4 Å². The molecule has 0 spiro atoms. The summed E-state index contributed by atoms with van der Waals surface area (Å²) < 4.78 is 38.6. The van der Waals surface area contributed by atoms with Crippen LogP contribution in [0.3, 0.4) is 0 Å². The predicted octanol–water partition coefficient (Wildman–Crippen LogP) is -0.00390. The van der Waals surface area contributed by atoms with Gasteiger partial charge >= 0.3 is 5.82 Å². The van der Waals surface area contributed by atoms with Crippen LogP contribution < -0.4 is 23.2 Å². The lowest BCUT2D eigenvalue weighted by Crippen LogP contribution is -2.68. The fraction of sp³-hybridized carbons (Fsp3) is 0.417. The van der Waals surface area contributed by atoms with Gasteiger partial charge in [0, 0.05) is 5.10 Å². The summed E-state index contributed by atoms with van der Waals surface area (Å²) in [6, 6.07) is 21.3. The first-order chi connectivity index (χ1) is 15.3. The topological polar surface area (TPSA) is 114 Å². The standard InChI is InChI=1S/C24H26N3.ClHO4/c1-3-7-21(8-4-1)23-25-27(17-26(23)22-9-5-2-6-10-22)24-14-18-11-19(15-24)13-20(12-18)16-24;2-1(3,4)5/h1-10,17-20H,11-16H2;(H,2,3,4,5)/q+1;/p-1. The first-order valence-electron chi connectivity index (χ1n) is 11.0. The average molecular weight is 456 g/mol. The van der Waals surface area contributed by atoms with Crippen molar-refractivity contribution in [1.29, 1.82) is 0 Å². The van der Waals surface area contributed by atoms with Crippen LogP contribution in [0.15, 0.2) is 67.0 Å². The summed E-state index contributed by atoms with van der Waals surface area (Å²) >= 11 is 0. The Morgan fingerprint density at radius 2 is 1.25 bits per heavy atom. The smallest absolute Gasteiger partial charge is 0.222 e. The van der Waals surface area contributed by atoms with Gasteiger partial charge < -0.3 is 0 Å². The molecule has 4 aliphatic carbocycles. The molecule has 3 aromatic rings. The van der Waals surface area contributed by atoms with E-state index in [1.54, 1.807) is 0 Å². The highest BCUT2D eigenvalue weighted by Gasteiger charge is 2.55. The lowest BCUT2D eigenvalue weighted by molar-refractivity contribution is -2.00. The lowest BCUT2D eigenvalue weighted by Gasteiger charge is -2.54. The molecule has 8 heteroatoms. The van der Waals surface area contributed by atoms with Gasteiger partial charge in [-0.2, -0.15) is 4.57 Å². The van der Waals surface area contributed by atoms with E-state index >= 15 is 0 Å². The zero-order chi connectivity index (χ0) is 22.3. The lowest BCUT2D eigenvalue weighted by atomic mass is 9.53. The van der Waals surface area contributed by atoms with Gasteiger partial charge in [-0.3, -0.25) is 0 Å². The van der Waals surface area contributed by atoms with Crippen LogP contribution >= 0.6 is 0 Å². The fourth-order valence-electron chi connectivity index (χ4n) is 6.48. The minimum Gasteiger partial charge on any atom is -0.222 e. The largest absolute Gasteiger partial charge is 0.313 e. The molecule has 4 bridgehead atoms. The average Bonchev–Trinajstić information content (AvgIpc) is 3.19. The van der Waals surface area contributed by atoms with Crippen molar-refractivity contribution >= 4 is 0 Å². The minimum atomic E-state index is -4.94. The molecule has 0 radical (unpaired) electrons. The third kappa shape index (κ3) is 4.44. The first-order valence-corrected chi connectivity index (χ1v) is 12.3. The van der Waals surface area contributed by atoms with Crippen LogP contribution in [-0.2, 0) is 5.54 Å². The molecular weight excluding hydrogens is 430 g/mol. The summed E-state index contributed by atoms with van der Waals surface area (Å²) in [6.07, 6.45) is 10.6. The molecule has 0 N–H and O–H groups in total. The van der Waals surface area contributed by atoms with Crippen molar-refractivity contribution in [3.8, 4) is 17.1 Å². The highest BCUT2D eigenvalue weighted by atomic mass is 35.7. The molecule has 0 atom stereocenters. The Morgan fingerprint density at radius 3 is 1.75 bits per heavy atom. The van der Waals surface area contributed by atoms with Gasteiger partial charge in [-0.25, -0.2) is 18.6 Å². The quantitative estimate of drug-likeness (QED) is 0.515. The van der Waals surface area contributed by atoms with Crippen LogP contribution in [0.4, 0.5) is 0 Å². The number of rotatable bonds is 3. The number of hydrogen-bond acceptors (Lipinski definition) is 5. The van der Waals surface area contributed by atoms with E-state index in [0.29, 0.717) is 0 Å². The Balaban J connectivity index is 0.000000393. The normalized spacial score (nSPS) is 28.3. The molecule has 168 valence electrons. The van der Waals surface area contributed by atoms with Gasteiger partial charge in [-0.05, 0) is 80.5 Å². The number of benzene rings is 2. The second kappa shape index (κ2) is 8.24. The van der Waals surface area contributed by atoms with E-state index in [4.69, 9.17) is 23.7 Å². The molecule has 0 saturated heterocycles. The van der Waals surface area contributed by atoms with E-state index in [2.05, 4.69) is 76.2 Å². The zero-order valence-corrected chi connectivity index (χ0v) is 18.4. The predicted molar refractivity (Wildman–Crippen MR) is 105 cm³/mol.